The van der Waals surface area contributed by atoms with Gasteiger partial charge in [0.15, 0.2) is 0 Å². The van der Waals surface area contributed by atoms with Gasteiger partial charge in [0.2, 0.25) is 10.0 Å². The lowest BCUT2D eigenvalue weighted by atomic mass is 10.3. The number of unbranched alkanes of at least 4 members (excludes halogenated alkanes) is 2. The van der Waals surface area contributed by atoms with Crippen LogP contribution in [0, 0.1) is 0 Å². The van der Waals surface area contributed by atoms with Crippen LogP contribution in [-0.4, -0.2) is 21.0 Å². The average Bonchev–Trinajstić information content (AvgIpc) is 2.72. The fraction of sp³-hybridized carbons (Fsp3) is 0.545. The SMILES string of the molecule is CCCCCOC(=O)Cc1ccc(S(N)(=O)=O)s1. The van der Waals surface area contributed by atoms with Gasteiger partial charge in [-0.05, 0) is 18.6 Å². The smallest absolute Gasteiger partial charge is 0.311 e. The molecule has 0 saturated heterocycles. The monoisotopic (exact) mass is 291 g/mol. The van der Waals surface area contributed by atoms with E-state index < -0.39 is 10.0 Å². The molecule has 7 heteroatoms. The quantitative estimate of drug-likeness (QED) is 0.611. The van der Waals surface area contributed by atoms with Gasteiger partial charge in [0.05, 0.1) is 13.0 Å². The van der Waals surface area contributed by atoms with Crippen LogP contribution in [0.3, 0.4) is 0 Å². The van der Waals surface area contributed by atoms with Crippen LogP contribution in [0.5, 0.6) is 0 Å². The van der Waals surface area contributed by atoms with Crippen molar-refractivity contribution >= 4 is 27.3 Å². The van der Waals surface area contributed by atoms with Crippen molar-refractivity contribution in [3.05, 3.63) is 17.0 Å². The normalized spacial score (nSPS) is 11.4. The third-order valence-corrected chi connectivity index (χ3v) is 4.77. The Morgan fingerprint density at radius 2 is 2.11 bits per heavy atom. The zero-order chi connectivity index (χ0) is 13.6. The van der Waals surface area contributed by atoms with Crippen LogP contribution in [0.15, 0.2) is 16.3 Å². The number of carbonyl (C=O) groups excluding carboxylic acids is 1. The van der Waals surface area contributed by atoms with Crippen molar-refractivity contribution in [2.24, 2.45) is 5.14 Å². The van der Waals surface area contributed by atoms with Crippen LogP contribution in [0.2, 0.25) is 0 Å². The molecule has 0 bridgehead atoms. The molecule has 0 aliphatic rings. The number of hydrogen-bond donors (Lipinski definition) is 1. The van der Waals surface area contributed by atoms with Crippen LogP contribution >= 0.6 is 11.3 Å². The zero-order valence-electron chi connectivity index (χ0n) is 10.2. The van der Waals surface area contributed by atoms with Gasteiger partial charge in [-0.3, -0.25) is 4.79 Å². The lowest BCUT2D eigenvalue weighted by Crippen LogP contribution is -2.10. The molecule has 18 heavy (non-hydrogen) atoms. The standard InChI is InChI=1S/C11H17NO4S2/c1-2-3-4-7-16-10(13)8-9-5-6-11(17-9)18(12,14)15/h5-6H,2-4,7-8H2,1H3,(H2,12,14,15). The molecular formula is C11H17NO4S2. The molecule has 5 nitrogen and oxygen atoms in total. The van der Waals surface area contributed by atoms with E-state index in [-0.39, 0.29) is 16.6 Å². The number of thiophene rings is 1. The van der Waals surface area contributed by atoms with E-state index in [1.165, 1.54) is 6.07 Å². The third kappa shape index (κ3) is 5.16. The van der Waals surface area contributed by atoms with Crippen LogP contribution in [0.4, 0.5) is 0 Å². The molecule has 0 radical (unpaired) electrons. The molecule has 0 unspecified atom stereocenters. The molecule has 0 atom stereocenters. The molecule has 1 aromatic rings. The molecule has 0 spiro atoms. The highest BCUT2D eigenvalue weighted by Gasteiger charge is 2.13. The van der Waals surface area contributed by atoms with Crippen molar-refractivity contribution < 1.29 is 17.9 Å². The van der Waals surface area contributed by atoms with Crippen molar-refractivity contribution in [2.45, 2.75) is 36.8 Å². The predicted octanol–water partition coefficient (Wildman–Crippen LogP) is 1.67. The Bertz CT molecular complexity index is 493. The van der Waals surface area contributed by atoms with E-state index in [1.54, 1.807) is 6.07 Å². The number of ether oxygens (including phenoxy) is 1. The molecule has 2 N–H and O–H groups in total. The number of hydrogen-bond acceptors (Lipinski definition) is 5. The number of carbonyl (C=O) groups is 1. The van der Waals surface area contributed by atoms with Crippen molar-refractivity contribution in [3.63, 3.8) is 0 Å². The Balaban J connectivity index is 2.43. The van der Waals surface area contributed by atoms with Gasteiger partial charge in [-0.25, -0.2) is 13.6 Å². The first-order valence-electron chi connectivity index (χ1n) is 5.70. The fourth-order valence-electron chi connectivity index (χ4n) is 1.34. The Morgan fingerprint density at radius 3 is 2.67 bits per heavy atom. The van der Waals surface area contributed by atoms with Gasteiger partial charge >= 0.3 is 5.97 Å². The lowest BCUT2D eigenvalue weighted by Gasteiger charge is -2.02. The summed E-state index contributed by atoms with van der Waals surface area (Å²) in [5.74, 6) is -0.339. The van der Waals surface area contributed by atoms with Crippen LogP contribution in [-0.2, 0) is 26.0 Å². The summed E-state index contributed by atoms with van der Waals surface area (Å²) in [7, 11) is -3.68. The second kappa shape index (κ2) is 6.86. The molecular weight excluding hydrogens is 274 g/mol. The van der Waals surface area contributed by atoms with E-state index >= 15 is 0 Å². The van der Waals surface area contributed by atoms with E-state index in [1.807, 2.05) is 0 Å². The van der Waals surface area contributed by atoms with Crippen LogP contribution in [0.25, 0.3) is 0 Å². The topological polar surface area (TPSA) is 86.5 Å². The van der Waals surface area contributed by atoms with Gasteiger partial charge < -0.3 is 4.74 Å². The van der Waals surface area contributed by atoms with Gasteiger partial charge in [-0.1, -0.05) is 19.8 Å². The highest BCUT2D eigenvalue weighted by atomic mass is 32.2. The van der Waals surface area contributed by atoms with Gasteiger partial charge in [0.1, 0.15) is 4.21 Å². The van der Waals surface area contributed by atoms with Gasteiger partial charge in [0, 0.05) is 4.88 Å². The van der Waals surface area contributed by atoms with Crippen LogP contribution in [0.1, 0.15) is 31.1 Å². The van der Waals surface area contributed by atoms with Gasteiger partial charge in [-0.2, -0.15) is 0 Å². The number of nitrogens with two attached hydrogens (primary N) is 1. The van der Waals surface area contributed by atoms with E-state index in [0.29, 0.717) is 11.5 Å². The Labute approximate surface area is 111 Å². The maximum Gasteiger partial charge on any atom is 0.311 e. The first kappa shape index (κ1) is 15.1. The lowest BCUT2D eigenvalue weighted by molar-refractivity contribution is -0.142. The minimum Gasteiger partial charge on any atom is -0.465 e. The van der Waals surface area contributed by atoms with E-state index in [4.69, 9.17) is 9.88 Å². The second-order valence-electron chi connectivity index (χ2n) is 3.87. The molecule has 0 aliphatic carbocycles. The first-order valence-corrected chi connectivity index (χ1v) is 8.07. The summed E-state index contributed by atoms with van der Waals surface area (Å²) in [4.78, 5) is 12.1. The Hall–Kier alpha value is -0.920. The summed E-state index contributed by atoms with van der Waals surface area (Å²) in [6.45, 7) is 2.49. The molecule has 1 aromatic heterocycles. The largest absolute Gasteiger partial charge is 0.465 e. The average molecular weight is 291 g/mol. The van der Waals surface area contributed by atoms with Crippen molar-refractivity contribution in [1.82, 2.24) is 0 Å². The predicted molar refractivity (Wildman–Crippen MR) is 69.9 cm³/mol. The third-order valence-electron chi connectivity index (χ3n) is 2.25. The minimum atomic E-state index is -3.68. The summed E-state index contributed by atoms with van der Waals surface area (Å²) >= 11 is 0.998. The molecule has 102 valence electrons. The number of sulfonamides is 1. The highest BCUT2D eigenvalue weighted by Crippen LogP contribution is 2.20. The van der Waals surface area contributed by atoms with Crippen molar-refractivity contribution in [3.8, 4) is 0 Å². The fourth-order valence-corrected chi connectivity index (χ4v) is 3.10. The summed E-state index contributed by atoms with van der Waals surface area (Å²) in [6.07, 6.45) is 3.05. The van der Waals surface area contributed by atoms with E-state index in [2.05, 4.69) is 6.92 Å². The molecule has 0 aromatic carbocycles. The Morgan fingerprint density at radius 1 is 1.39 bits per heavy atom. The summed E-state index contributed by atoms with van der Waals surface area (Å²) in [6, 6.07) is 2.98. The van der Waals surface area contributed by atoms with Crippen molar-refractivity contribution in [1.29, 1.82) is 0 Å². The minimum absolute atomic E-state index is 0.0660. The number of primary sulfonamides is 1. The second-order valence-corrected chi connectivity index (χ2v) is 6.83. The maximum absolute atomic E-state index is 11.4. The van der Waals surface area contributed by atoms with Gasteiger partial charge in [-0.15, -0.1) is 11.3 Å². The number of rotatable bonds is 7. The van der Waals surface area contributed by atoms with E-state index in [9.17, 15) is 13.2 Å². The number of esters is 1. The van der Waals surface area contributed by atoms with Crippen LogP contribution < -0.4 is 5.14 Å². The molecule has 0 amide bonds. The molecule has 0 aliphatic heterocycles. The summed E-state index contributed by atoms with van der Waals surface area (Å²) < 4.78 is 27.2. The Kier molecular flexibility index (Phi) is 5.77. The summed E-state index contributed by atoms with van der Waals surface area (Å²) in [5.41, 5.74) is 0. The summed E-state index contributed by atoms with van der Waals surface area (Å²) in [5, 5.41) is 4.98. The first-order chi connectivity index (χ1) is 8.43. The molecule has 0 fully saturated rings. The van der Waals surface area contributed by atoms with Gasteiger partial charge in [0.25, 0.3) is 0 Å². The molecule has 0 saturated carbocycles. The molecule has 1 heterocycles. The van der Waals surface area contributed by atoms with Crippen molar-refractivity contribution in [2.75, 3.05) is 6.61 Å². The van der Waals surface area contributed by atoms with E-state index in [0.717, 1.165) is 30.6 Å². The highest BCUT2D eigenvalue weighted by molar-refractivity contribution is 7.91. The maximum atomic E-state index is 11.4. The zero-order valence-corrected chi connectivity index (χ0v) is 11.9. The molecule has 1 rings (SSSR count).